The van der Waals surface area contributed by atoms with Crippen LogP contribution < -0.4 is 4.74 Å². The van der Waals surface area contributed by atoms with Gasteiger partial charge in [-0.05, 0) is 55.7 Å². The van der Waals surface area contributed by atoms with Crippen molar-refractivity contribution in [1.82, 2.24) is 0 Å². The Kier molecular flexibility index (Phi) is 3.52. The van der Waals surface area contributed by atoms with Crippen molar-refractivity contribution in [3.8, 4) is 5.75 Å². The van der Waals surface area contributed by atoms with E-state index in [0.717, 1.165) is 5.75 Å². The second-order valence-electron chi connectivity index (χ2n) is 5.20. The van der Waals surface area contributed by atoms with Crippen LogP contribution in [-0.4, -0.2) is 6.10 Å². The number of aryl methyl sites for hydroxylation is 1. The predicted octanol–water partition coefficient (Wildman–Crippen LogP) is 4.44. The van der Waals surface area contributed by atoms with Gasteiger partial charge in [-0.2, -0.15) is 0 Å². The van der Waals surface area contributed by atoms with Crippen molar-refractivity contribution >= 4 is 0 Å². The van der Waals surface area contributed by atoms with E-state index in [1.54, 1.807) is 0 Å². The maximum absolute atomic E-state index is 6.04. The molecule has 0 aromatic heterocycles. The fourth-order valence-corrected chi connectivity index (χ4v) is 2.35. The highest BCUT2D eigenvalue weighted by atomic mass is 16.5. The van der Waals surface area contributed by atoms with Crippen LogP contribution in [0.1, 0.15) is 56.6 Å². The molecule has 0 amide bonds. The Balaban J connectivity index is 2.09. The summed E-state index contributed by atoms with van der Waals surface area (Å²) < 4.78 is 6.04. The molecule has 0 spiro atoms. The van der Waals surface area contributed by atoms with Crippen molar-refractivity contribution in [2.45, 2.75) is 58.5 Å². The average Bonchev–Trinajstić information content (AvgIpc) is 2.73. The summed E-state index contributed by atoms with van der Waals surface area (Å²) in [6, 6.07) is 6.60. The lowest BCUT2D eigenvalue weighted by molar-refractivity contribution is 0.208. The van der Waals surface area contributed by atoms with Gasteiger partial charge in [-0.1, -0.05) is 26.0 Å². The third-order valence-corrected chi connectivity index (χ3v) is 3.46. The minimum absolute atomic E-state index is 0.462. The molecule has 1 fully saturated rings. The molecule has 0 N–H and O–H groups in total. The first-order valence-corrected chi connectivity index (χ1v) is 6.44. The molecule has 88 valence electrons. The summed E-state index contributed by atoms with van der Waals surface area (Å²) in [4.78, 5) is 0. The summed E-state index contributed by atoms with van der Waals surface area (Å²) >= 11 is 0. The van der Waals surface area contributed by atoms with Crippen LogP contribution in [0, 0.1) is 6.92 Å². The van der Waals surface area contributed by atoms with Crippen LogP contribution in [0.25, 0.3) is 0 Å². The Labute approximate surface area is 98.8 Å². The van der Waals surface area contributed by atoms with E-state index in [0.29, 0.717) is 12.0 Å². The topological polar surface area (TPSA) is 9.23 Å². The van der Waals surface area contributed by atoms with Crippen molar-refractivity contribution in [3.63, 3.8) is 0 Å². The highest BCUT2D eigenvalue weighted by Gasteiger charge is 2.17. The molecule has 16 heavy (non-hydrogen) atoms. The summed E-state index contributed by atoms with van der Waals surface area (Å²) in [5.74, 6) is 1.68. The van der Waals surface area contributed by atoms with Crippen LogP contribution in [0.2, 0.25) is 0 Å². The normalized spacial score (nSPS) is 17.0. The quantitative estimate of drug-likeness (QED) is 0.728. The molecule has 0 atom stereocenters. The second kappa shape index (κ2) is 4.90. The molecule has 1 aliphatic carbocycles. The van der Waals surface area contributed by atoms with E-state index in [4.69, 9.17) is 4.74 Å². The molecule has 1 aromatic carbocycles. The van der Waals surface area contributed by atoms with Gasteiger partial charge in [0, 0.05) is 0 Å². The number of benzene rings is 1. The number of rotatable bonds is 3. The molecule has 0 heterocycles. The summed E-state index contributed by atoms with van der Waals surface area (Å²) in [6.07, 6.45) is 5.57. The monoisotopic (exact) mass is 218 g/mol. The Hall–Kier alpha value is -0.980. The van der Waals surface area contributed by atoms with Gasteiger partial charge in [0.15, 0.2) is 0 Å². The van der Waals surface area contributed by atoms with Gasteiger partial charge in [-0.15, -0.1) is 0 Å². The van der Waals surface area contributed by atoms with Crippen molar-refractivity contribution in [3.05, 3.63) is 29.3 Å². The third kappa shape index (κ3) is 2.58. The molecule has 1 aromatic rings. The van der Waals surface area contributed by atoms with E-state index < -0.39 is 0 Å². The summed E-state index contributed by atoms with van der Waals surface area (Å²) in [5.41, 5.74) is 2.68. The minimum atomic E-state index is 0.462. The van der Waals surface area contributed by atoms with Gasteiger partial charge in [0.25, 0.3) is 0 Å². The van der Waals surface area contributed by atoms with Gasteiger partial charge in [-0.3, -0.25) is 0 Å². The van der Waals surface area contributed by atoms with E-state index >= 15 is 0 Å². The van der Waals surface area contributed by atoms with Crippen LogP contribution in [-0.2, 0) is 0 Å². The molecule has 1 heteroatoms. The van der Waals surface area contributed by atoms with E-state index in [-0.39, 0.29) is 0 Å². The second-order valence-corrected chi connectivity index (χ2v) is 5.20. The van der Waals surface area contributed by atoms with Gasteiger partial charge >= 0.3 is 0 Å². The molecule has 1 nitrogen and oxygen atoms in total. The van der Waals surface area contributed by atoms with Gasteiger partial charge in [0.2, 0.25) is 0 Å². The summed E-state index contributed by atoms with van der Waals surface area (Å²) in [5, 5.41) is 0. The molecule has 1 saturated carbocycles. The van der Waals surface area contributed by atoms with Crippen LogP contribution >= 0.6 is 0 Å². The van der Waals surface area contributed by atoms with Crippen molar-refractivity contribution in [2.24, 2.45) is 0 Å². The SMILES string of the molecule is Cc1cc(C(C)C)ccc1OC1CCCC1. The zero-order valence-corrected chi connectivity index (χ0v) is 10.6. The number of hydrogen-bond donors (Lipinski definition) is 0. The van der Waals surface area contributed by atoms with Gasteiger partial charge < -0.3 is 4.74 Å². The third-order valence-electron chi connectivity index (χ3n) is 3.46. The number of hydrogen-bond acceptors (Lipinski definition) is 1. The molecule has 0 bridgehead atoms. The van der Waals surface area contributed by atoms with E-state index in [9.17, 15) is 0 Å². The molecule has 0 aliphatic heterocycles. The molecule has 1 aliphatic rings. The highest BCUT2D eigenvalue weighted by Crippen LogP contribution is 2.28. The van der Waals surface area contributed by atoms with Crippen molar-refractivity contribution in [1.29, 1.82) is 0 Å². The Morgan fingerprint density at radius 2 is 1.88 bits per heavy atom. The highest BCUT2D eigenvalue weighted by molar-refractivity contribution is 5.37. The molecule has 2 rings (SSSR count). The lowest BCUT2D eigenvalue weighted by atomic mass is 10.0. The summed E-state index contributed by atoms with van der Waals surface area (Å²) in [7, 11) is 0. The van der Waals surface area contributed by atoms with E-state index in [1.807, 2.05) is 0 Å². The molecular formula is C15H22O. The Morgan fingerprint density at radius 1 is 1.19 bits per heavy atom. The fourth-order valence-electron chi connectivity index (χ4n) is 2.35. The van der Waals surface area contributed by atoms with Crippen LogP contribution in [0.15, 0.2) is 18.2 Å². The van der Waals surface area contributed by atoms with Crippen molar-refractivity contribution < 1.29 is 4.74 Å². The van der Waals surface area contributed by atoms with Crippen LogP contribution in [0.5, 0.6) is 5.75 Å². The predicted molar refractivity (Wildman–Crippen MR) is 68.2 cm³/mol. The molecular weight excluding hydrogens is 196 g/mol. The lowest BCUT2D eigenvalue weighted by Crippen LogP contribution is -2.11. The number of ether oxygens (including phenoxy) is 1. The fraction of sp³-hybridized carbons (Fsp3) is 0.600. The van der Waals surface area contributed by atoms with Gasteiger partial charge in [-0.25, -0.2) is 0 Å². The van der Waals surface area contributed by atoms with E-state index in [2.05, 4.69) is 39.0 Å². The van der Waals surface area contributed by atoms with Crippen LogP contribution in [0.3, 0.4) is 0 Å². The average molecular weight is 218 g/mol. The largest absolute Gasteiger partial charge is 0.490 e. The molecule has 0 saturated heterocycles. The Bertz CT molecular complexity index is 348. The first kappa shape index (κ1) is 11.5. The smallest absolute Gasteiger partial charge is 0.122 e. The van der Waals surface area contributed by atoms with Gasteiger partial charge in [0.1, 0.15) is 5.75 Å². The minimum Gasteiger partial charge on any atom is -0.490 e. The lowest BCUT2D eigenvalue weighted by Gasteiger charge is -2.16. The van der Waals surface area contributed by atoms with Crippen LogP contribution in [0.4, 0.5) is 0 Å². The Morgan fingerprint density at radius 3 is 2.44 bits per heavy atom. The zero-order chi connectivity index (χ0) is 11.5. The maximum Gasteiger partial charge on any atom is 0.122 e. The standard InChI is InChI=1S/C15H22O/c1-11(2)13-8-9-15(12(3)10-13)16-14-6-4-5-7-14/h8-11,14H,4-7H2,1-3H3. The molecule has 0 unspecified atom stereocenters. The maximum atomic E-state index is 6.04. The molecule has 0 radical (unpaired) electrons. The first-order chi connectivity index (χ1) is 7.66. The van der Waals surface area contributed by atoms with E-state index in [1.165, 1.54) is 36.8 Å². The van der Waals surface area contributed by atoms with Gasteiger partial charge in [0.05, 0.1) is 6.10 Å². The van der Waals surface area contributed by atoms with Crippen molar-refractivity contribution in [2.75, 3.05) is 0 Å². The first-order valence-electron chi connectivity index (χ1n) is 6.44. The summed E-state index contributed by atoms with van der Waals surface area (Å²) in [6.45, 7) is 6.61. The zero-order valence-electron chi connectivity index (χ0n) is 10.6.